The summed E-state index contributed by atoms with van der Waals surface area (Å²) in [6, 6.07) is 11.1. The lowest BCUT2D eigenvalue weighted by Crippen LogP contribution is -2.31. The van der Waals surface area contributed by atoms with Crippen LogP contribution in [-0.2, 0) is 6.54 Å². The Labute approximate surface area is 119 Å². The molecule has 0 aliphatic rings. The standard InChI is InChI=1S/C14H13BrN2O2/c15-13-6-2-1-4-11(13)7-8-16-14(18)17-10-12-5-3-9-19-12/h1-9H,10H2,(H2,16,17,18)/b8-7+. The van der Waals surface area contributed by atoms with Gasteiger partial charge in [0.15, 0.2) is 0 Å². The summed E-state index contributed by atoms with van der Waals surface area (Å²) in [5.41, 5.74) is 0.994. The fourth-order valence-corrected chi connectivity index (χ4v) is 1.87. The number of rotatable bonds is 4. The van der Waals surface area contributed by atoms with Gasteiger partial charge in [0, 0.05) is 10.7 Å². The molecule has 0 saturated heterocycles. The summed E-state index contributed by atoms with van der Waals surface area (Å²) in [5.74, 6) is 0.713. The van der Waals surface area contributed by atoms with E-state index in [0.29, 0.717) is 12.3 Å². The summed E-state index contributed by atoms with van der Waals surface area (Å²) in [6.07, 6.45) is 4.98. The van der Waals surface area contributed by atoms with Gasteiger partial charge in [0.05, 0.1) is 12.8 Å². The van der Waals surface area contributed by atoms with E-state index in [-0.39, 0.29) is 6.03 Å². The maximum Gasteiger partial charge on any atom is 0.319 e. The van der Waals surface area contributed by atoms with Gasteiger partial charge in [0.25, 0.3) is 0 Å². The molecule has 0 radical (unpaired) electrons. The van der Waals surface area contributed by atoms with Crippen LogP contribution in [0, 0.1) is 0 Å². The summed E-state index contributed by atoms with van der Waals surface area (Å²) >= 11 is 3.43. The first-order valence-electron chi connectivity index (χ1n) is 5.73. The quantitative estimate of drug-likeness (QED) is 0.905. The number of benzene rings is 1. The topological polar surface area (TPSA) is 54.3 Å². The maximum absolute atomic E-state index is 11.5. The molecule has 2 amide bonds. The number of urea groups is 1. The van der Waals surface area contributed by atoms with Crippen LogP contribution >= 0.6 is 15.9 Å². The lowest BCUT2D eigenvalue weighted by molar-refractivity contribution is 0.243. The van der Waals surface area contributed by atoms with Crippen LogP contribution in [0.3, 0.4) is 0 Å². The van der Waals surface area contributed by atoms with E-state index >= 15 is 0 Å². The Balaban J connectivity index is 1.79. The number of hydrogen-bond acceptors (Lipinski definition) is 2. The number of carbonyl (C=O) groups excluding carboxylic acids is 1. The van der Waals surface area contributed by atoms with Crippen molar-refractivity contribution in [2.45, 2.75) is 6.54 Å². The fourth-order valence-electron chi connectivity index (χ4n) is 1.45. The number of furan rings is 1. The summed E-state index contributed by atoms with van der Waals surface area (Å²) in [4.78, 5) is 11.5. The maximum atomic E-state index is 11.5. The van der Waals surface area contributed by atoms with Gasteiger partial charge in [-0.05, 0) is 29.8 Å². The van der Waals surface area contributed by atoms with Crippen molar-refractivity contribution in [1.29, 1.82) is 0 Å². The molecule has 2 aromatic rings. The highest BCUT2D eigenvalue weighted by Crippen LogP contribution is 2.16. The summed E-state index contributed by atoms with van der Waals surface area (Å²) in [6.45, 7) is 0.363. The van der Waals surface area contributed by atoms with Gasteiger partial charge in [-0.15, -0.1) is 0 Å². The number of halogens is 1. The van der Waals surface area contributed by atoms with Gasteiger partial charge in [-0.1, -0.05) is 34.1 Å². The first-order valence-corrected chi connectivity index (χ1v) is 6.53. The average Bonchev–Trinajstić information content (AvgIpc) is 2.92. The molecule has 0 atom stereocenters. The molecular formula is C14H13BrN2O2. The van der Waals surface area contributed by atoms with Crippen molar-refractivity contribution in [3.05, 3.63) is 64.7 Å². The molecule has 2 rings (SSSR count). The zero-order chi connectivity index (χ0) is 13.5. The van der Waals surface area contributed by atoms with Crippen LogP contribution in [-0.4, -0.2) is 6.03 Å². The third kappa shape index (κ3) is 4.30. The van der Waals surface area contributed by atoms with Crippen LogP contribution in [0.15, 0.2) is 57.8 Å². The van der Waals surface area contributed by atoms with Crippen LogP contribution in [0.4, 0.5) is 4.79 Å². The Morgan fingerprint density at radius 1 is 1.26 bits per heavy atom. The van der Waals surface area contributed by atoms with Gasteiger partial charge < -0.3 is 15.1 Å². The monoisotopic (exact) mass is 320 g/mol. The van der Waals surface area contributed by atoms with E-state index < -0.39 is 0 Å². The van der Waals surface area contributed by atoms with Gasteiger partial charge in [-0.25, -0.2) is 4.79 Å². The predicted molar refractivity (Wildman–Crippen MR) is 77.3 cm³/mol. The zero-order valence-corrected chi connectivity index (χ0v) is 11.7. The molecule has 0 saturated carbocycles. The number of hydrogen-bond donors (Lipinski definition) is 2. The summed E-state index contributed by atoms with van der Waals surface area (Å²) in [7, 11) is 0. The van der Waals surface area contributed by atoms with E-state index in [1.807, 2.05) is 30.3 Å². The van der Waals surface area contributed by atoms with Gasteiger partial charge in [-0.2, -0.15) is 0 Å². The van der Waals surface area contributed by atoms with Gasteiger partial charge >= 0.3 is 6.03 Å². The molecule has 0 aliphatic carbocycles. The van der Waals surface area contributed by atoms with Crippen LogP contribution in [0.1, 0.15) is 11.3 Å². The minimum atomic E-state index is -0.278. The van der Waals surface area contributed by atoms with E-state index in [0.717, 1.165) is 10.0 Å². The van der Waals surface area contributed by atoms with Crippen LogP contribution < -0.4 is 10.6 Å². The Kier molecular flexibility index (Phi) is 4.80. The molecule has 19 heavy (non-hydrogen) atoms. The molecule has 5 heteroatoms. The highest BCUT2D eigenvalue weighted by Gasteiger charge is 1.99. The van der Waals surface area contributed by atoms with Crippen molar-refractivity contribution in [2.24, 2.45) is 0 Å². The number of nitrogens with one attached hydrogen (secondary N) is 2. The molecule has 1 heterocycles. The second kappa shape index (κ2) is 6.80. The van der Waals surface area contributed by atoms with E-state index in [2.05, 4.69) is 26.6 Å². The Morgan fingerprint density at radius 3 is 2.84 bits per heavy atom. The zero-order valence-electron chi connectivity index (χ0n) is 10.1. The van der Waals surface area contributed by atoms with Crippen LogP contribution in [0.2, 0.25) is 0 Å². The van der Waals surface area contributed by atoms with Crippen molar-refractivity contribution in [1.82, 2.24) is 10.6 Å². The molecule has 1 aromatic heterocycles. The van der Waals surface area contributed by atoms with Crippen molar-refractivity contribution in [3.8, 4) is 0 Å². The molecule has 4 nitrogen and oxygen atoms in total. The van der Waals surface area contributed by atoms with Crippen LogP contribution in [0.5, 0.6) is 0 Å². The van der Waals surface area contributed by atoms with Gasteiger partial charge in [0.1, 0.15) is 5.76 Å². The van der Waals surface area contributed by atoms with E-state index in [1.54, 1.807) is 24.6 Å². The molecular weight excluding hydrogens is 308 g/mol. The third-order valence-corrected chi connectivity index (χ3v) is 3.11. The van der Waals surface area contributed by atoms with Crippen molar-refractivity contribution in [3.63, 3.8) is 0 Å². The largest absolute Gasteiger partial charge is 0.467 e. The smallest absolute Gasteiger partial charge is 0.319 e. The minimum Gasteiger partial charge on any atom is -0.467 e. The van der Waals surface area contributed by atoms with Crippen LogP contribution in [0.25, 0.3) is 6.08 Å². The van der Waals surface area contributed by atoms with Gasteiger partial charge in [-0.3, -0.25) is 0 Å². The SMILES string of the molecule is O=C(N/C=C/c1ccccc1Br)NCc1ccco1. The fraction of sp³-hybridized carbons (Fsp3) is 0.0714. The van der Waals surface area contributed by atoms with Crippen molar-refractivity contribution >= 4 is 28.0 Å². The van der Waals surface area contributed by atoms with Gasteiger partial charge in [0.2, 0.25) is 0 Å². The predicted octanol–water partition coefficient (Wildman–Crippen LogP) is 3.51. The Hall–Kier alpha value is -2.01. The number of carbonyl (C=O) groups is 1. The highest BCUT2D eigenvalue weighted by molar-refractivity contribution is 9.10. The minimum absolute atomic E-state index is 0.278. The van der Waals surface area contributed by atoms with Crippen molar-refractivity contribution < 1.29 is 9.21 Å². The van der Waals surface area contributed by atoms with E-state index in [1.165, 1.54) is 0 Å². The summed E-state index contributed by atoms with van der Waals surface area (Å²) < 4.78 is 6.08. The van der Waals surface area contributed by atoms with Crippen molar-refractivity contribution in [2.75, 3.05) is 0 Å². The lowest BCUT2D eigenvalue weighted by Gasteiger charge is -2.02. The lowest BCUT2D eigenvalue weighted by atomic mass is 10.2. The molecule has 0 aliphatic heterocycles. The molecule has 2 N–H and O–H groups in total. The second-order valence-corrected chi connectivity index (χ2v) is 4.62. The molecule has 98 valence electrons. The molecule has 0 unspecified atom stereocenters. The first-order chi connectivity index (χ1) is 9.25. The molecule has 1 aromatic carbocycles. The number of amides is 2. The van der Waals surface area contributed by atoms with E-state index in [9.17, 15) is 4.79 Å². The second-order valence-electron chi connectivity index (χ2n) is 3.76. The summed E-state index contributed by atoms with van der Waals surface area (Å²) in [5, 5.41) is 5.31. The normalized spacial score (nSPS) is 10.6. The molecule has 0 fully saturated rings. The van der Waals surface area contributed by atoms with E-state index in [4.69, 9.17) is 4.42 Å². The molecule has 0 bridgehead atoms. The first kappa shape index (κ1) is 13.4. The Bertz CT molecular complexity index is 565. The third-order valence-electron chi connectivity index (χ3n) is 2.39. The Morgan fingerprint density at radius 2 is 2.11 bits per heavy atom. The molecule has 0 spiro atoms. The highest BCUT2D eigenvalue weighted by atomic mass is 79.9. The average molecular weight is 321 g/mol.